The molecule has 0 aliphatic carbocycles. The van der Waals surface area contributed by atoms with Crippen molar-refractivity contribution in [1.82, 2.24) is 0 Å². The van der Waals surface area contributed by atoms with Gasteiger partial charge in [-0.1, -0.05) is 12.1 Å². The van der Waals surface area contributed by atoms with Crippen LogP contribution < -0.4 is 20.9 Å². The number of ether oxygens (including phenoxy) is 2. The maximum Gasteiger partial charge on any atom is 0.346 e. The van der Waals surface area contributed by atoms with E-state index < -0.39 is 80.7 Å². The van der Waals surface area contributed by atoms with Crippen molar-refractivity contribution >= 4 is 17.6 Å². The van der Waals surface area contributed by atoms with Gasteiger partial charge >= 0.3 is 11.9 Å². The summed E-state index contributed by atoms with van der Waals surface area (Å²) < 4.78 is 93.9. The Hall–Kier alpha value is -5.70. The van der Waals surface area contributed by atoms with E-state index >= 15 is 0 Å². The number of hydrogen-bond acceptors (Lipinski definition) is 7. The molecule has 44 heavy (non-hydrogen) atoms. The number of nitrogens with two attached hydrogens (primary N) is 2. The van der Waals surface area contributed by atoms with Crippen molar-refractivity contribution in [3.05, 3.63) is 135 Å². The van der Waals surface area contributed by atoms with E-state index in [1.807, 2.05) is 0 Å². The molecule has 0 aromatic heterocycles. The number of nitriles is 1. The van der Waals surface area contributed by atoms with E-state index in [9.17, 15) is 35.9 Å². The lowest BCUT2D eigenvalue weighted by atomic mass is 10.0. The highest BCUT2D eigenvalue weighted by atomic mass is 19.2. The summed E-state index contributed by atoms with van der Waals surface area (Å²) in [4.78, 5) is 27.3. The average molecular weight is 612 g/mol. The van der Waals surface area contributed by atoms with Gasteiger partial charge in [-0.05, 0) is 41.8 Å². The van der Waals surface area contributed by atoms with Crippen molar-refractivity contribution in [2.24, 2.45) is 11.5 Å². The topological polar surface area (TPSA) is 133 Å². The van der Waals surface area contributed by atoms with Gasteiger partial charge in [0, 0.05) is 30.9 Å². The highest BCUT2D eigenvalue weighted by Gasteiger charge is 2.20. The average Bonchev–Trinajstić information content (AvgIpc) is 2.93. The summed E-state index contributed by atoms with van der Waals surface area (Å²) in [5.74, 6) is -10.9. The lowest BCUT2D eigenvalue weighted by molar-refractivity contribution is 0.0719. The van der Waals surface area contributed by atoms with Crippen molar-refractivity contribution in [1.29, 1.82) is 5.26 Å². The van der Waals surface area contributed by atoms with Gasteiger partial charge in [0.05, 0.1) is 17.7 Å². The second-order valence-electron chi connectivity index (χ2n) is 8.54. The summed E-state index contributed by atoms with van der Waals surface area (Å²) in [7, 11) is 0. The van der Waals surface area contributed by atoms with Crippen molar-refractivity contribution in [3.63, 3.8) is 0 Å². The number of nitrogens with zero attached hydrogens (tertiary/aromatic N) is 2. The van der Waals surface area contributed by atoms with E-state index in [-0.39, 0.29) is 24.2 Å². The summed E-state index contributed by atoms with van der Waals surface area (Å²) in [5, 5.41) is 8.70. The quantitative estimate of drug-likeness (QED) is 0.0920. The second kappa shape index (κ2) is 14.5. The summed E-state index contributed by atoms with van der Waals surface area (Å²) >= 11 is 0. The van der Waals surface area contributed by atoms with Gasteiger partial charge in [0.2, 0.25) is 0 Å². The van der Waals surface area contributed by atoms with E-state index in [4.69, 9.17) is 21.3 Å². The van der Waals surface area contributed by atoms with Crippen LogP contribution in [0.3, 0.4) is 0 Å². The van der Waals surface area contributed by atoms with Crippen LogP contribution in [0.1, 0.15) is 37.4 Å². The molecule has 0 heterocycles. The summed E-state index contributed by atoms with van der Waals surface area (Å²) in [5.41, 5.74) is 6.90. The molecule has 224 valence electrons. The fourth-order valence-electron chi connectivity index (χ4n) is 3.65. The number of carbonyl (C=O) groups is 2. The van der Waals surface area contributed by atoms with Crippen molar-refractivity contribution in [2.45, 2.75) is 6.42 Å². The molecule has 0 amide bonds. The van der Waals surface area contributed by atoms with Crippen LogP contribution >= 0.6 is 0 Å². The predicted molar refractivity (Wildman–Crippen MR) is 142 cm³/mol. The predicted octanol–water partition coefficient (Wildman–Crippen LogP) is 5.83. The Labute approximate surface area is 245 Å². The Kier molecular flexibility index (Phi) is 10.8. The third-order valence-electron chi connectivity index (χ3n) is 5.57. The standard InChI is InChI=1S/C29H12F6N2O4.CH6N2/c1-37-27-25(34)11-17(12-26(27)35)41-29(39)19-5-3-15(8-22(19)31)6-14-2-4-18(21(30)7-14)28(38)40-16-9-23(32)20(13-36)24(33)10-16;2-1-3/h2-5,7-12H,6H2;1-3H2. The number of esters is 2. The summed E-state index contributed by atoms with van der Waals surface area (Å²) in [6.07, 6.45) is -0.0565. The first kappa shape index (κ1) is 32.8. The maximum atomic E-state index is 14.6. The first-order valence-corrected chi connectivity index (χ1v) is 12.1. The Morgan fingerprint density at radius 3 is 1.43 bits per heavy atom. The molecule has 0 aliphatic heterocycles. The molecule has 0 saturated carbocycles. The van der Waals surface area contributed by atoms with E-state index in [0.29, 0.717) is 24.3 Å². The zero-order chi connectivity index (χ0) is 32.6. The highest BCUT2D eigenvalue weighted by Crippen LogP contribution is 2.28. The van der Waals surface area contributed by atoms with Crippen LogP contribution in [0.15, 0.2) is 60.7 Å². The smallest absolute Gasteiger partial charge is 0.346 e. The largest absolute Gasteiger partial charge is 0.423 e. The Morgan fingerprint density at radius 1 is 0.705 bits per heavy atom. The third kappa shape index (κ3) is 7.77. The molecule has 0 unspecified atom stereocenters. The Morgan fingerprint density at radius 2 is 1.09 bits per heavy atom. The van der Waals surface area contributed by atoms with Crippen molar-refractivity contribution in [3.8, 4) is 17.6 Å². The normalized spacial score (nSPS) is 10.1. The minimum Gasteiger partial charge on any atom is -0.423 e. The number of benzene rings is 4. The molecule has 8 nitrogen and oxygen atoms in total. The first-order chi connectivity index (χ1) is 20.9. The van der Waals surface area contributed by atoms with E-state index in [2.05, 4.69) is 16.3 Å². The molecule has 4 rings (SSSR count). The molecule has 0 bridgehead atoms. The lowest BCUT2D eigenvalue weighted by Crippen LogP contribution is -2.12. The van der Waals surface area contributed by atoms with E-state index in [1.165, 1.54) is 18.2 Å². The van der Waals surface area contributed by atoms with Crippen molar-refractivity contribution in [2.75, 3.05) is 6.67 Å². The minimum atomic E-state index is -1.27. The van der Waals surface area contributed by atoms with Crippen LogP contribution in [-0.4, -0.2) is 18.6 Å². The molecule has 0 spiro atoms. The molecule has 0 radical (unpaired) electrons. The second-order valence-corrected chi connectivity index (χ2v) is 8.54. The Bertz CT molecular complexity index is 1660. The summed E-state index contributed by atoms with van der Waals surface area (Å²) in [6.45, 7) is 6.97. The monoisotopic (exact) mass is 612 g/mol. The van der Waals surface area contributed by atoms with Crippen LogP contribution in [0.5, 0.6) is 11.5 Å². The molecule has 0 fully saturated rings. The van der Waals surface area contributed by atoms with Crippen LogP contribution in [0.4, 0.5) is 32.0 Å². The lowest BCUT2D eigenvalue weighted by Gasteiger charge is -2.09. The molecule has 14 heteroatoms. The fraction of sp³-hybridized carbons (Fsp3) is 0.0667. The third-order valence-corrected chi connectivity index (χ3v) is 5.57. The van der Waals surface area contributed by atoms with Gasteiger partial charge in [-0.15, -0.1) is 0 Å². The van der Waals surface area contributed by atoms with Gasteiger partial charge < -0.3 is 20.9 Å². The molecular formula is C30H18F6N4O4. The van der Waals surface area contributed by atoms with Gasteiger partial charge in [0.1, 0.15) is 58.0 Å². The molecular weight excluding hydrogens is 594 g/mol. The zero-order valence-corrected chi connectivity index (χ0v) is 22.1. The van der Waals surface area contributed by atoms with E-state index in [1.54, 1.807) is 0 Å². The van der Waals surface area contributed by atoms with Crippen molar-refractivity contribution < 1.29 is 45.4 Å². The maximum absolute atomic E-state index is 14.6. The molecule has 4 N–H and O–H groups in total. The SMILES string of the molecule is NCN.[C-]#[N+]c1c(F)cc(OC(=O)c2ccc(Cc3ccc(C(=O)Oc4cc(F)c(C#N)c(F)c4)c(F)c3)cc2F)cc1F. The van der Waals surface area contributed by atoms with Gasteiger partial charge in [-0.3, -0.25) is 0 Å². The van der Waals surface area contributed by atoms with Crippen LogP contribution in [0.25, 0.3) is 4.85 Å². The van der Waals surface area contributed by atoms with Crippen LogP contribution in [0.2, 0.25) is 0 Å². The van der Waals surface area contributed by atoms with E-state index in [0.717, 1.165) is 24.3 Å². The van der Waals surface area contributed by atoms with Gasteiger partial charge in [0.15, 0.2) is 0 Å². The fourth-order valence-corrected chi connectivity index (χ4v) is 3.65. The van der Waals surface area contributed by atoms with Gasteiger partial charge in [-0.25, -0.2) is 40.8 Å². The first-order valence-electron chi connectivity index (χ1n) is 12.1. The molecule has 0 saturated heterocycles. The molecule has 0 atom stereocenters. The van der Waals surface area contributed by atoms with Gasteiger partial charge in [0.25, 0.3) is 5.69 Å². The zero-order valence-electron chi connectivity index (χ0n) is 22.1. The highest BCUT2D eigenvalue weighted by molar-refractivity contribution is 5.92. The molecule has 4 aromatic carbocycles. The number of carbonyl (C=O) groups excluding carboxylic acids is 2. The number of hydrogen-bond donors (Lipinski definition) is 2. The van der Waals surface area contributed by atoms with Gasteiger partial charge in [-0.2, -0.15) is 5.26 Å². The minimum absolute atomic E-state index is 0.0565. The van der Waals surface area contributed by atoms with Crippen LogP contribution in [-0.2, 0) is 6.42 Å². The molecule has 4 aromatic rings. The summed E-state index contributed by atoms with van der Waals surface area (Å²) in [6, 6.07) is 10.3. The number of rotatable bonds is 6. The number of halogens is 6. The molecule has 0 aliphatic rings. The Balaban J connectivity index is 0.00000169. The van der Waals surface area contributed by atoms with Crippen LogP contribution in [0, 0.1) is 52.8 Å².